The Labute approximate surface area is 94.9 Å². The molecule has 0 fully saturated rings. The van der Waals surface area contributed by atoms with Gasteiger partial charge in [0.2, 0.25) is 0 Å². The Morgan fingerprint density at radius 3 is 2.87 bits per heavy atom. The van der Waals surface area contributed by atoms with Crippen LogP contribution in [0.2, 0.25) is 0 Å². The summed E-state index contributed by atoms with van der Waals surface area (Å²) in [6.45, 7) is 1.88. The number of hydrogen-bond donors (Lipinski definition) is 1. The van der Waals surface area contributed by atoms with E-state index in [0.29, 0.717) is 5.39 Å². The largest absolute Gasteiger partial charge is 0.476 e. The quantitative estimate of drug-likeness (QED) is 0.863. The summed E-state index contributed by atoms with van der Waals surface area (Å²) >= 11 is 3.36. The van der Waals surface area contributed by atoms with Gasteiger partial charge in [-0.3, -0.25) is 0 Å². The second-order valence-corrected chi connectivity index (χ2v) is 4.11. The zero-order valence-electron chi connectivity index (χ0n) is 7.99. The van der Waals surface area contributed by atoms with Crippen LogP contribution in [0.15, 0.2) is 28.9 Å². The smallest absolute Gasteiger partial charge is 0.355 e. The number of carboxylic acids is 1. The van der Waals surface area contributed by atoms with Crippen molar-refractivity contribution in [3.63, 3.8) is 0 Å². The fraction of sp³-hybridized carbons (Fsp3) is 0.0909. The molecule has 0 bridgehead atoms. The minimum atomic E-state index is -0.998. The van der Waals surface area contributed by atoms with Crippen LogP contribution in [0.5, 0.6) is 0 Å². The van der Waals surface area contributed by atoms with Gasteiger partial charge in [0, 0.05) is 21.4 Å². The summed E-state index contributed by atoms with van der Waals surface area (Å²) in [6, 6.07) is 5.65. The molecule has 15 heavy (non-hydrogen) atoms. The second kappa shape index (κ2) is 3.62. The van der Waals surface area contributed by atoms with E-state index in [4.69, 9.17) is 5.11 Å². The van der Waals surface area contributed by atoms with E-state index in [1.165, 1.54) is 6.20 Å². The van der Waals surface area contributed by atoms with Gasteiger partial charge >= 0.3 is 5.97 Å². The van der Waals surface area contributed by atoms with Crippen molar-refractivity contribution in [1.29, 1.82) is 0 Å². The summed E-state index contributed by atoms with van der Waals surface area (Å²) in [6.07, 6.45) is 1.52. The average molecular weight is 266 g/mol. The first-order valence-electron chi connectivity index (χ1n) is 4.38. The Kier molecular flexibility index (Phi) is 2.44. The number of carboxylic acid groups (broad SMARTS) is 1. The number of nitrogens with zero attached hydrogens (tertiary/aromatic N) is 1. The third-order valence-corrected chi connectivity index (χ3v) is 2.91. The van der Waals surface area contributed by atoms with Crippen molar-refractivity contribution in [2.75, 3.05) is 0 Å². The lowest BCUT2D eigenvalue weighted by atomic mass is 10.0. The molecule has 1 heterocycles. The molecule has 0 aliphatic heterocycles. The summed E-state index contributed by atoms with van der Waals surface area (Å²) in [5.74, 6) is -0.998. The van der Waals surface area contributed by atoms with Gasteiger partial charge in [-0.1, -0.05) is 18.2 Å². The lowest BCUT2D eigenvalue weighted by Gasteiger charge is -2.06. The average Bonchev–Trinajstić information content (AvgIpc) is 2.19. The SMILES string of the molecule is Cc1cccc2c(Br)cnc(C(=O)O)c12. The molecule has 0 aliphatic rings. The van der Waals surface area contributed by atoms with Gasteiger partial charge in [-0.15, -0.1) is 0 Å². The van der Waals surface area contributed by atoms with E-state index in [0.717, 1.165) is 15.4 Å². The van der Waals surface area contributed by atoms with Gasteiger partial charge in [0.05, 0.1) is 0 Å². The Balaban J connectivity index is 2.96. The first-order chi connectivity index (χ1) is 7.11. The molecule has 76 valence electrons. The van der Waals surface area contributed by atoms with E-state index in [2.05, 4.69) is 20.9 Å². The third-order valence-electron chi connectivity index (χ3n) is 2.28. The van der Waals surface area contributed by atoms with Crippen LogP contribution in [-0.2, 0) is 0 Å². The van der Waals surface area contributed by atoms with Crippen molar-refractivity contribution >= 4 is 32.7 Å². The highest BCUT2D eigenvalue weighted by molar-refractivity contribution is 9.10. The maximum atomic E-state index is 11.0. The fourth-order valence-corrected chi connectivity index (χ4v) is 2.03. The predicted molar refractivity (Wildman–Crippen MR) is 61.1 cm³/mol. The summed E-state index contributed by atoms with van der Waals surface area (Å²) in [4.78, 5) is 14.9. The molecule has 0 aliphatic carbocycles. The molecule has 0 radical (unpaired) electrons. The van der Waals surface area contributed by atoms with Crippen molar-refractivity contribution in [1.82, 2.24) is 4.98 Å². The number of hydrogen-bond acceptors (Lipinski definition) is 2. The molecule has 0 amide bonds. The van der Waals surface area contributed by atoms with Crippen LogP contribution in [0.1, 0.15) is 16.1 Å². The Bertz CT molecular complexity index is 552. The molecule has 0 saturated carbocycles. The van der Waals surface area contributed by atoms with E-state index >= 15 is 0 Å². The lowest BCUT2D eigenvalue weighted by Crippen LogP contribution is -2.02. The number of pyridine rings is 1. The molecule has 3 nitrogen and oxygen atoms in total. The van der Waals surface area contributed by atoms with Gasteiger partial charge < -0.3 is 5.11 Å². The van der Waals surface area contributed by atoms with E-state index in [-0.39, 0.29) is 5.69 Å². The number of aryl methyl sites for hydroxylation is 1. The van der Waals surface area contributed by atoms with E-state index in [9.17, 15) is 4.79 Å². The van der Waals surface area contributed by atoms with Crippen molar-refractivity contribution in [2.45, 2.75) is 6.92 Å². The fourth-order valence-electron chi connectivity index (χ4n) is 1.60. The Hall–Kier alpha value is -1.42. The van der Waals surface area contributed by atoms with Crippen LogP contribution in [0.3, 0.4) is 0 Å². The number of rotatable bonds is 1. The molecular formula is C11H8BrNO2. The maximum Gasteiger partial charge on any atom is 0.355 e. The summed E-state index contributed by atoms with van der Waals surface area (Å²) < 4.78 is 0.811. The van der Waals surface area contributed by atoms with Gasteiger partial charge in [0.25, 0.3) is 0 Å². The van der Waals surface area contributed by atoms with Crippen LogP contribution in [0, 0.1) is 6.92 Å². The van der Waals surface area contributed by atoms with Gasteiger partial charge in [-0.05, 0) is 28.4 Å². The first-order valence-corrected chi connectivity index (χ1v) is 5.17. The van der Waals surface area contributed by atoms with E-state index in [1.807, 2.05) is 25.1 Å². The molecule has 1 aromatic heterocycles. The minimum Gasteiger partial charge on any atom is -0.476 e. The summed E-state index contributed by atoms with van der Waals surface area (Å²) in [5, 5.41) is 10.6. The van der Waals surface area contributed by atoms with Crippen LogP contribution >= 0.6 is 15.9 Å². The zero-order valence-corrected chi connectivity index (χ0v) is 9.58. The molecule has 2 rings (SSSR count). The Morgan fingerprint density at radius 2 is 2.20 bits per heavy atom. The van der Waals surface area contributed by atoms with Crippen molar-refractivity contribution in [2.24, 2.45) is 0 Å². The number of fused-ring (bicyclic) bond motifs is 1. The zero-order chi connectivity index (χ0) is 11.0. The van der Waals surface area contributed by atoms with Crippen molar-refractivity contribution in [3.05, 3.63) is 40.1 Å². The highest BCUT2D eigenvalue weighted by atomic mass is 79.9. The number of carbonyl (C=O) groups is 1. The molecule has 0 atom stereocenters. The Morgan fingerprint density at radius 1 is 1.47 bits per heavy atom. The molecule has 1 aromatic carbocycles. The van der Waals surface area contributed by atoms with Gasteiger partial charge in [0.15, 0.2) is 5.69 Å². The van der Waals surface area contributed by atoms with Gasteiger partial charge in [-0.2, -0.15) is 0 Å². The number of halogens is 1. The van der Waals surface area contributed by atoms with Crippen molar-refractivity contribution < 1.29 is 9.90 Å². The minimum absolute atomic E-state index is 0.103. The van der Waals surface area contributed by atoms with E-state index in [1.54, 1.807) is 0 Å². The number of aromatic nitrogens is 1. The molecule has 2 aromatic rings. The predicted octanol–water partition coefficient (Wildman–Crippen LogP) is 3.00. The topological polar surface area (TPSA) is 50.2 Å². The monoisotopic (exact) mass is 265 g/mol. The maximum absolute atomic E-state index is 11.0. The molecule has 0 unspecified atom stereocenters. The van der Waals surface area contributed by atoms with Crippen molar-refractivity contribution in [3.8, 4) is 0 Å². The second-order valence-electron chi connectivity index (χ2n) is 3.26. The van der Waals surface area contributed by atoms with Crippen LogP contribution < -0.4 is 0 Å². The molecular weight excluding hydrogens is 258 g/mol. The normalized spacial score (nSPS) is 10.5. The summed E-state index contributed by atoms with van der Waals surface area (Å²) in [5.41, 5.74) is 1.02. The highest BCUT2D eigenvalue weighted by Crippen LogP contribution is 2.27. The third kappa shape index (κ3) is 1.61. The number of benzene rings is 1. The first kappa shape index (κ1) is 10.1. The molecule has 4 heteroatoms. The van der Waals surface area contributed by atoms with E-state index < -0.39 is 5.97 Å². The molecule has 1 N–H and O–H groups in total. The van der Waals surface area contributed by atoms with Crippen LogP contribution in [0.25, 0.3) is 10.8 Å². The standard InChI is InChI=1S/C11H8BrNO2/c1-6-3-2-4-7-8(12)5-13-10(9(6)7)11(14)15/h2-5H,1H3,(H,14,15). The molecule has 0 spiro atoms. The lowest BCUT2D eigenvalue weighted by molar-refractivity contribution is 0.0693. The molecule has 0 saturated heterocycles. The highest BCUT2D eigenvalue weighted by Gasteiger charge is 2.13. The van der Waals surface area contributed by atoms with Gasteiger partial charge in [0.1, 0.15) is 0 Å². The number of aromatic carboxylic acids is 1. The van der Waals surface area contributed by atoms with Gasteiger partial charge in [-0.25, -0.2) is 9.78 Å². The summed E-state index contributed by atoms with van der Waals surface area (Å²) in [7, 11) is 0. The van der Waals surface area contributed by atoms with Crippen LogP contribution in [-0.4, -0.2) is 16.1 Å². The van der Waals surface area contributed by atoms with Crippen LogP contribution in [0.4, 0.5) is 0 Å².